The summed E-state index contributed by atoms with van der Waals surface area (Å²) in [6, 6.07) is -0.239. The SMILES string of the molecule is CCC(CSC)NC(=O)N(CC)C(C)(C)C(=O)O. The number of thioether (sulfide) groups is 1. The van der Waals surface area contributed by atoms with E-state index in [1.807, 2.05) is 13.2 Å². The largest absolute Gasteiger partial charge is 0.480 e. The highest BCUT2D eigenvalue weighted by Crippen LogP contribution is 2.15. The molecular weight excluding hydrogens is 252 g/mol. The van der Waals surface area contributed by atoms with Crippen molar-refractivity contribution in [1.82, 2.24) is 10.2 Å². The lowest BCUT2D eigenvalue weighted by Gasteiger charge is -2.35. The van der Waals surface area contributed by atoms with Gasteiger partial charge in [0.05, 0.1) is 0 Å². The lowest BCUT2D eigenvalue weighted by atomic mass is 10.0. The zero-order chi connectivity index (χ0) is 14.3. The Morgan fingerprint density at radius 1 is 1.39 bits per heavy atom. The van der Waals surface area contributed by atoms with Crippen LogP contribution in [0, 0.1) is 0 Å². The first-order chi connectivity index (χ1) is 8.31. The van der Waals surface area contributed by atoms with Crippen molar-refractivity contribution in [3.05, 3.63) is 0 Å². The molecule has 1 atom stereocenters. The molecule has 0 radical (unpaired) electrons. The minimum atomic E-state index is -1.20. The molecular formula is C12H24N2O3S. The predicted octanol–water partition coefficient (Wildman–Crippen LogP) is 2.02. The van der Waals surface area contributed by atoms with E-state index >= 15 is 0 Å². The van der Waals surface area contributed by atoms with Gasteiger partial charge in [0.2, 0.25) is 0 Å². The highest BCUT2D eigenvalue weighted by Gasteiger charge is 2.37. The molecule has 0 saturated carbocycles. The molecule has 5 nitrogen and oxygen atoms in total. The fourth-order valence-electron chi connectivity index (χ4n) is 1.62. The van der Waals surface area contributed by atoms with E-state index in [4.69, 9.17) is 5.11 Å². The molecule has 2 amide bonds. The van der Waals surface area contributed by atoms with Gasteiger partial charge in [0.25, 0.3) is 0 Å². The van der Waals surface area contributed by atoms with E-state index in [0.29, 0.717) is 6.54 Å². The van der Waals surface area contributed by atoms with Crippen LogP contribution in [0.3, 0.4) is 0 Å². The monoisotopic (exact) mass is 276 g/mol. The van der Waals surface area contributed by atoms with Gasteiger partial charge in [-0.05, 0) is 33.4 Å². The van der Waals surface area contributed by atoms with Crippen molar-refractivity contribution in [2.45, 2.75) is 45.7 Å². The van der Waals surface area contributed by atoms with Crippen LogP contribution in [0.5, 0.6) is 0 Å². The fourth-order valence-corrected chi connectivity index (χ4v) is 2.34. The van der Waals surface area contributed by atoms with E-state index in [-0.39, 0.29) is 12.1 Å². The lowest BCUT2D eigenvalue weighted by molar-refractivity contribution is -0.147. The Hall–Kier alpha value is -0.910. The molecule has 2 N–H and O–H groups in total. The maximum Gasteiger partial charge on any atom is 0.329 e. The minimum absolute atomic E-state index is 0.0751. The summed E-state index contributed by atoms with van der Waals surface area (Å²) in [5, 5.41) is 12.0. The molecule has 1 unspecified atom stereocenters. The van der Waals surface area contributed by atoms with Crippen LogP contribution in [0.15, 0.2) is 0 Å². The van der Waals surface area contributed by atoms with Crippen LogP contribution in [0.2, 0.25) is 0 Å². The zero-order valence-electron chi connectivity index (χ0n) is 11.8. The molecule has 0 aliphatic rings. The summed E-state index contributed by atoms with van der Waals surface area (Å²) in [4.78, 5) is 24.6. The molecule has 0 fully saturated rings. The van der Waals surface area contributed by atoms with Gasteiger partial charge >= 0.3 is 12.0 Å². The van der Waals surface area contributed by atoms with E-state index in [1.165, 1.54) is 18.7 Å². The Kier molecular flexibility index (Phi) is 7.13. The molecule has 0 aliphatic heterocycles. The third-order valence-corrected chi connectivity index (χ3v) is 3.68. The van der Waals surface area contributed by atoms with Crippen molar-refractivity contribution in [2.24, 2.45) is 0 Å². The summed E-state index contributed by atoms with van der Waals surface area (Å²) in [5.74, 6) is -0.176. The molecule has 18 heavy (non-hydrogen) atoms. The molecule has 0 heterocycles. The first kappa shape index (κ1) is 17.1. The van der Waals surface area contributed by atoms with Gasteiger partial charge in [-0.1, -0.05) is 6.92 Å². The van der Waals surface area contributed by atoms with Gasteiger partial charge in [0, 0.05) is 18.3 Å². The van der Waals surface area contributed by atoms with Gasteiger partial charge in [-0.3, -0.25) is 0 Å². The van der Waals surface area contributed by atoms with Crippen molar-refractivity contribution in [1.29, 1.82) is 0 Å². The average Bonchev–Trinajstić information content (AvgIpc) is 2.28. The van der Waals surface area contributed by atoms with Gasteiger partial charge in [0.1, 0.15) is 5.54 Å². The molecule has 6 heteroatoms. The van der Waals surface area contributed by atoms with E-state index in [1.54, 1.807) is 18.7 Å². The van der Waals surface area contributed by atoms with Crippen LogP contribution in [0.25, 0.3) is 0 Å². The Balaban J connectivity index is 4.76. The van der Waals surface area contributed by atoms with Crippen LogP contribution in [0.1, 0.15) is 34.1 Å². The molecule has 0 spiro atoms. The summed E-state index contributed by atoms with van der Waals surface area (Å²) < 4.78 is 0. The number of hydrogen-bond donors (Lipinski definition) is 2. The second-order valence-corrected chi connectivity index (χ2v) is 5.53. The summed E-state index contributed by atoms with van der Waals surface area (Å²) in [6.07, 6.45) is 2.81. The van der Waals surface area contributed by atoms with Crippen LogP contribution in [0.4, 0.5) is 4.79 Å². The smallest absolute Gasteiger partial charge is 0.329 e. The molecule has 0 saturated heterocycles. The van der Waals surface area contributed by atoms with Gasteiger partial charge in [-0.25, -0.2) is 9.59 Å². The highest BCUT2D eigenvalue weighted by molar-refractivity contribution is 7.98. The summed E-state index contributed by atoms with van der Waals surface area (Å²) >= 11 is 1.66. The van der Waals surface area contributed by atoms with Crippen molar-refractivity contribution in [3.8, 4) is 0 Å². The van der Waals surface area contributed by atoms with Gasteiger partial charge < -0.3 is 15.3 Å². The zero-order valence-corrected chi connectivity index (χ0v) is 12.6. The molecule has 0 rings (SSSR count). The van der Waals surface area contributed by atoms with Crippen LogP contribution >= 0.6 is 11.8 Å². The number of nitrogens with one attached hydrogen (secondary N) is 1. The molecule has 106 valence electrons. The minimum Gasteiger partial charge on any atom is -0.480 e. The number of hydrogen-bond acceptors (Lipinski definition) is 3. The maximum absolute atomic E-state index is 12.1. The number of amides is 2. The van der Waals surface area contributed by atoms with Crippen LogP contribution in [-0.2, 0) is 4.79 Å². The van der Waals surface area contributed by atoms with Crippen LogP contribution < -0.4 is 5.32 Å². The normalized spacial score (nSPS) is 12.9. The topological polar surface area (TPSA) is 69.6 Å². The number of carboxylic acids is 1. The summed E-state index contributed by atoms with van der Waals surface area (Å²) in [6.45, 7) is 7.21. The standard InChI is InChI=1S/C12H24N2O3S/c1-6-9(8-18-5)13-11(17)14(7-2)12(3,4)10(15)16/h9H,6-8H2,1-5H3,(H,13,17)(H,15,16). The molecule has 0 aromatic heterocycles. The predicted molar refractivity (Wildman–Crippen MR) is 75.1 cm³/mol. The van der Waals surface area contributed by atoms with E-state index < -0.39 is 11.5 Å². The Morgan fingerprint density at radius 2 is 1.94 bits per heavy atom. The first-order valence-corrected chi connectivity index (χ1v) is 7.51. The first-order valence-electron chi connectivity index (χ1n) is 6.11. The third-order valence-electron chi connectivity index (χ3n) is 2.95. The quantitative estimate of drug-likeness (QED) is 0.746. The molecule has 0 aromatic rings. The highest BCUT2D eigenvalue weighted by atomic mass is 32.2. The van der Waals surface area contributed by atoms with Gasteiger partial charge in [-0.2, -0.15) is 11.8 Å². The van der Waals surface area contributed by atoms with Gasteiger partial charge in [0.15, 0.2) is 0 Å². The number of likely N-dealkylation sites (N-methyl/N-ethyl adjacent to an activating group) is 1. The number of carbonyl (C=O) groups is 2. The van der Waals surface area contributed by atoms with Crippen molar-refractivity contribution in [3.63, 3.8) is 0 Å². The van der Waals surface area contributed by atoms with E-state index in [0.717, 1.165) is 12.2 Å². The maximum atomic E-state index is 12.1. The van der Waals surface area contributed by atoms with Crippen molar-refractivity contribution < 1.29 is 14.7 Å². The Bertz CT molecular complexity index is 295. The molecule has 0 aliphatic carbocycles. The Labute approximate surface area is 113 Å². The molecule has 0 aromatic carbocycles. The number of aliphatic carboxylic acids is 1. The number of carboxylic acid groups (broad SMARTS) is 1. The molecule has 0 bridgehead atoms. The summed E-state index contributed by atoms with van der Waals surface area (Å²) in [7, 11) is 0. The second kappa shape index (κ2) is 7.51. The van der Waals surface area contributed by atoms with E-state index in [2.05, 4.69) is 5.32 Å². The lowest BCUT2D eigenvalue weighted by Crippen LogP contribution is -2.57. The van der Waals surface area contributed by atoms with Crippen LogP contribution in [-0.4, -0.2) is 52.1 Å². The number of urea groups is 1. The third kappa shape index (κ3) is 4.40. The number of carbonyl (C=O) groups excluding carboxylic acids is 1. The number of rotatable bonds is 7. The number of nitrogens with zero attached hydrogens (tertiary/aromatic N) is 1. The van der Waals surface area contributed by atoms with Crippen molar-refractivity contribution >= 4 is 23.8 Å². The van der Waals surface area contributed by atoms with Crippen molar-refractivity contribution in [2.75, 3.05) is 18.6 Å². The second-order valence-electron chi connectivity index (χ2n) is 4.62. The summed E-state index contributed by atoms with van der Waals surface area (Å²) in [5.41, 5.74) is -1.20. The average molecular weight is 276 g/mol. The van der Waals surface area contributed by atoms with Gasteiger partial charge in [-0.15, -0.1) is 0 Å². The fraction of sp³-hybridized carbons (Fsp3) is 0.833. The Morgan fingerprint density at radius 3 is 2.28 bits per heavy atom. The van der Waals surface area contributed by atoms with E-state index in [9.17, 15) is 9.59 Å².